The van der Waals surface area contributed by atoms with Gasteiger partial charge in [0.05, 0.1) is 10.8 Å². The quantitative estimate of drug-likeness (QED) is 0.425. The molecule has 1 heterocycles. The fourth-order valence-corrected chi connectivity index (χ4v) is 4.66. The molecule has 32 heavy (non-hydrogen) atoms. The summed E-state index contributed by atoms with van der Waals surface area (Å²) in [6.45, 7) is 12.7. The van der Waals surface area contributed by atoms with E-state index in [0.29, 0.717) is 21.6 Å². The highest BCUT2D eigenvalue weighted by Crippen LogP contribution is 2.39. The summed E-state index contributed by atoms with van der Waals surface area (Å²) in [6, 6.07) is 18.8. The molecule has 4 rings (SSSR count). The van der Waals surface area contributed by atoms with E-state index in [1.165, 1.54) is 4.80 Å². The first-order valence-electron chi connectivity index (χ1n) is 10.7. The summed E-state index contributed by atoms with van der Waals surface area (Å²) in [7, 11) is -1.30. The van der Waals surface area contributed by atoms with E-state index in [0.717, 1.165) is 16.0 Å². The number of nitrogens with zero attached hydrogens (tertiary/aromatic N) is 3. The molecule has 0 saturated carbocycles. The summed E-state index contributed by atoms with van der Waals surface area (Å²) in [5, 5.41) is 20.4. The maximum Gasteiger partial charge on any atom is 0.146 e. The number of hydrogen-bond donors (Lipinski definition) is 1. The van der Waals surface area contributed by atoms with E-state index in [1.807, 2.05) is 48.5 Å². The maximum atomic E-state index is 12.9. The summed E-state index contributed by atoms with van der Waals surface area (Å²) in [6.07, 6.45) is 0. The molecule has 1 atom stereocenters. The number of hydrogen-bond acceptors (Lipinski definition) is 4. The van der Waals surface area contributed by atoms with Gasteiger partial charge in [-0.1, -0.05) is 65.8 Å². The van der Waals surface area contributed by atoms with Gasteiger partial charge in [0.2, 0.25) is 0 Å². The van der Waals surface area contributed by atoms with Crippen LogP contribution >= 0.6 is 0 Å². The molecule has 4 aromatic rings. The Kier molecular flexibility index (Phi) is 5.45. The zero-order chi connectivity index (χ0) is 23.3. The summed E-state index contributed by atoms with van der Waals surface area (Å²) in [4.78, 5) is 2.89. The van der Waals surface area contributed by atoms with Crippen molar-refractivity contribution in [2.24, 2.45) is 0 Å². The van der Waals surface area contributed by atoms with Gasteiger partial charge in [0, 0.05) is 15.4 Å². The van der Waals surface area contributed by atoms with Crippen molar-refractivity contribution < 1.29 is 9.32 Å². The minimum atomic E-state index is -1.30. The van der Waals surface area contributed by atoms with Crippen molar-refractivity contribution in [1.29, 1.82) is 0 Å². The van der Waals surface area contributed by atoms with Crippen LogP contribution in [0.5, 0.6) is 5.75 Å². The van der Waals surface area contributed by atoms with Gasteiger partial charge in [-0.15, -0.1) is 15.0 Å². The Morgan fingerprint density at radius 2 is 1.44 bits per heavy atom. The molecule has 1 N–H and O–H groups in total. The molecule has 0 radical (unpaired) electrons. The Bertz CT molecular complexity index is 1310. The van der Waals surface area contributed by atoms with Crippen molar-refractivity contribution >= 4 is 21.8 Å². The lowest BCUT2D eigenvalue weighted by Crippen LogP contribution is -2.18. The van der Waals surface area contributed by atoms with Gasteiger partial charge < -0.3 is 5.11 Å². The predicted molar refractivity (Wildman–Crippen MR) is 129 cm³/mol. The van der Waals surface area contributed by atoms with Crippen molar-refractivity contribution in [3.05, 3.63) is 71.8 Å². The molecule has 1 aromatic heterocycles. The van der Waals surface area contributed by atoms with E-state index in [1.54, 1.807) is 6.07 Å². The van der Waals surface area contributed by atoms with Crippen LogP contribution in [0.3, 0.4) is 0 Å². The van der Waals surface area contributed by atoms with Crippen LogP contribution in [0.4, 0.5) is 0 Å². The zero-order valence-corrected chi connectivity index (χ0v) is 20.2. The molecule has 166 valence electrons. The Balaban J connectivity index is 1.84. The van der Waals surface area contributed by atoms with E-state index in [-0.39, 0.29) is 16.6 Å². The maximum absolute atomic E-state index is 12.9. The van der Waals surface area contributed by atoms with Crippen LogP contribution in [0.2, 0.25) is 0 Å². The number of phenolic OH excluding ortho intramolecular Hbond substituents is 1. The lowest BCUT2D eigenvalue weighted by molar-refractivity contribution is 0.438. The van der Waals surface area contributed by atoms with Gasteiger partial charge in [0.15, 0.2) is 0 Å². The van der Waals surface area contributed by atoms with Gasteiger partial charge in [-0.2, -0.15) is 0 Å². The second kappa shape index (κ2) is 7.85. The lowest BCUT2D eigenvalue weighted by atomic mass is 9.80. The summed E-state index contributed by atoms with van der Waals surface area (Å²) in [5.41, 5.74) is 3.46. The highest BCUT2D eigenvalue weighted by molar-refractivity contribution is 7.85. The fourth-order valence-electron chi connectivity index (χ4n) is 3.57. The molecule has 5 nitrogen and oxygen atoms in total. The van der Waals surface area contributed by atoms with Gasteiger partial charge in [-0.25, -0.2) is 4.21 Å². The van der Waals surface area contributed by atoms with Gasteiger partial charge in [-0.3, -0.25) is 0 Å². The van der Waals surface area contributed by atoms with Gasteiger partial charge in [-0.05, 0) is 52.8 Å². The van der Waals surface area contributed by atoms with Crippen LogP contribution in [0.25, 0.3) is 16.7 Å². The van der Waals surface area contributed by atoms with E-state index >= 15 is 0 Å². The molecule has 0 amide bonds. The van der Waals surface area contributed by atoms with Crippen LogP contribution < -0.4 is 0 Å². The second-order valence-corrected chi connectivity index (χ2v) is 11.6. The van der Waals surface area contributed by atoms with Crippen molar-refractivity contribution in [3.63, 3.8) is 0 Å². The molecule has 0 aliphatic rings. The second-order valence-electron chi connectivity index (χ2n) is 10.1. The molecule has 3 aromatic carbocycles. The average molecular weight is 448 g/mol. The lowest BCUT2D eigenvalue weighted by Gasteiger charge is -2.27. The van der Waals surface area contributed by atoms with Crippen LogP contribution in [-0.2, 0) is 21.6 Å². The van der Waals surface area contributed by atoms with Crippen LogP contribution in [0.15, 0.2) is 70.5 Å². The monoisotopic (exact) mass is 447 g/mol. The van der Waals surface area contributed by atoms with E-state index in [2.05, 4.69) is 57.8 Å². The first kappa shape index (κ1) is 22.2. The van der Waals surface area contributed by atoms with Crippen LogP contribution in [-0.4, -0.2) is 24.3 Å². The molecule has 0 aliphatic heterocycles. The first-order chi connectivity index (χ1) is 14.9. The number of fused-ring (bicyclic) bond motifs is 1. The number of benzene rings is 3. The first-order valence-corrected chi connectivity index (χ1v) is 11.8. The van der Waals surface area contributed by atoms with Crippen molar-refractivity contribution in [3.8, 4) is 11.4 Å². The van der Waals surface area contributed by atoms with E-state index in [9.17, 15) is 9.32 Å². The Morgan fingerprint density at radius 1 is 0.781 bits per heavy atom. The minimum absolute atomic E-state index is 0.102. The molecule has 0 fully saturated rings. The van der Waals surface area contributed by atoms with E-state index in [4.69, 9.17) is 0 Å². The summed E-state index contributed by atoms with van der Waals surface area (Å²) in [5.74, 6) is 0.180. The predicted octanol–water partition coefficient (Wildman–Crippen LogP) is 5.89. The van der Waals surface area contributed by atoms with Gasteiger partial charge in [0.25, 0.3) is 0 Å². The average Bonchev–Trinajstić information content (AvgIpc) is 3.15. The molecule has 6 heteroatoms. The molecular formula is C26H29N3O2S. The summed E-state index contributed by atoms with van der Waals surface area (Å²) >= 11 is 0. The van der Waals surface area contributed by atoms with Gasteiger partial charge in [0.1, 0.15) is 22.5 Å². The third-order valence-electron chi connectivity index (χ3n) is 5.50. The van der Waals surface area contributed by atoms with Crippen molar-refractivity contribution in [2.75, 3.05) is 0 Å². The third kappa shape index (κ3) is 4.19. The van der Waals surface area contributed by atoms with E-state index < -0.39 is 10.8 Å². The molecular weight excluding hydrogens is 418 g/mol. The van der Waals surface area contributed by atoms with Crippen molar-refractivity contribution in [1.82, 2.24) is 15.0 Å². The molecule has 0 saturated heterocycles. The Labute approximate surface area is 191 Å². The molecule has 0 spiro atoms. The third-order valence-corrected chi connectivity index (χ3v) is 6.88. The fraction of sp³-hybridized carbons (Fsp3) is 0.308. The molecule has 0 aliphatic carbocycles. The number of aromatic hydroxyl groups is 1. The summed E-state index contributed by atoms with van der Waals surface area (Å²) < 4.78 is 12.9. The number of phenols is 1. The topological polar surface area (TPSA) is 68.0 Å². The highest BCUT2D eigenvalue weighted by atomic mass is 32.2. The molecule has 1 unspecified atom stereocenters. The minimum Gasteiger partial charge on any atom is -0.505 e. The zero-order valence-electron chi connectivity index (χ0n) is 19.4. The standard InChI is InChI=1S/C26H29N3O2S/c1-25(2,3)17-14-20(26(4,5)6)24(30)23(15-17)29-27-21-13-12-19(16-22(21)28-29)32(31)18-10-8-7-9-11-18/h7-16,30H,1-6H3. The van der Waals surface area contributed by atoms with Gasteiger partial charge >= 0.3 is 0 Å². The normalized spacial score (nSPS) is 13.4. The number of rotatable bonds is 3. The van der Waals surface area contributed by atoms with Crippen LogP contribution in [0.1, 0.15) is 52.7 Å². The molecule has 0 bridgehead atoms. The van der Waals surface area contributed by atoms with Crippen molar-refractivity contribution in [2.45, 2.75) is 62.2 Å². The SMILES string of the molecule is CC(C)(C)c1cc(-n2nc3ccc(S(=O)c4ccccc4)cc3n2)c(O)c(C(C)(C)C)c1. The Hall–Kier alpha value is -2.99. The Morgan fingerprint density at radius 3 is 2.06 bits per heavy atom. The largest absolute Gasteiger partial charge is 0.505 e. The highest BCUT2D eigenvalue weighted by Gasteiger charge is 2.26. The number of aromatic nitrogens is 3. The smallest absolute Gasteiger partial charge is 0.146 e. The van der Waals surface area contributed by atoms with Crippen LogP contribution in [0, 0.1) is 0 Å².